The minimum atomic E-state index is -0.445. The average molecular weight is 289 g/mol. The predicted octanol–water partition coefficient (Wildman–Crippen LogP) is 3.70. The third kappa shape index (κ3) is 2.86. The highest BCUT2D eigenvalue weighted by molar-refractivity contribution is 9.10. The summed E-state index contributed by atoms with van der Waals surface area (Å²) in [5.74, 6) is 0.260. The van der Waals surface area contributed by atoms with Crippen LogP contribution in [0.25, 0.3) is 0 Å². The van der Waals surface area contributed by atoms with E-state index in [1.807, 2.05) is 4.68 Å². The topological polar surface area (TPSA) is 38.1 Å². The third-order valence-electron chi connectivity index (χ3n) is 2.84. The molecule has 0 saturated carbocycles. The summed E-state index contributed by atoms with van der Waals surface area (Å²) in [4.78, 5) is 0. The molecule has 4 heteroatoms. The molecule has 0 saturated heterocycles. The van der Waals surface area contributed by atoms with E-state index >= 15 is 0 Å². The highest BCUT2D eigenvalue weighted by Crippen LogP contribution is 2.32. The standard InChI is InChI=1S/C12H21BrN2O/c1-5-6-9(4)12(16)11-10(13)7-14-15(11)8(2)3/h7-9,12,16H,5-6H2,1-4H3. The summed E-state index contributed by atoms with van der Waals surface area (Å²) in [6.45, 7) is 8.36. The van der Waals surface area contributed by atoms with Gasteiger partial charge in [-0.15, -0.1) is 0 Å². The lowest BCUT2D eigenvalue weighted by atomic mass is 9.97. The summed E-state index contributed by atoms with van der Waals surface area (Å²) >= 11 is 3.46. The molecule has 1 aromatic heterocycles. The maximum Gasteiger partial charge on any atom is 0.0993 e. The number of hydrogen-bond donors (Lipinski definition) is 1. The van der Waals surface area contributed by atoms with E-state index in [-0.39, 0.29) is 12.0 Å². The predicted molar refractivity (Wildman–Crippen MR) is 69.3 cm³/mol. The number of aliphatic hydroxyl groups excluding tert-OH is 1. The number of hydrogen-bond acceptors (Lipinski definition) is 2. The van der Waals surface area contributed by atoms with E-state index in [1.54, 1.807) is 6.20 Å². The fourth-order valence-electron chi connectivity index (χ4n) is 1.92. The molecule has 1 aromatic rings. The molecule has 1 heterocycles. The van der Waals surface area contributed by atoms with Crippen LogP contribution in [-0.4, -0.2) is 14.9 Å². The van der Waals surface area contributed by atoms with Crippen molar-refractivity contribution in [1.82, 2.24) is 9.78 Å². The first kappa shape index (κ1) is 13.7. The zero-order valence-corrected chi connectivity index (χ0v) is 12.0. The van der Waals surface area contributed by atoms with Gasteiger partial charge in [0.05, 0.1) is 22.5 Å². The molecule has 16 heavy (non-hydrogen) atoms. The lowest BCUT2D eigenvalue weighted by molar-refractivity contribution is 0.101. The fraction of sp³-hybridized carbons (Fsp3) is 0.750. The Bertz CT molecular complexity index is 336. The second kappa shape index (κ2) is 5.82. The minimum Gasteiger partial charge on any atom is -0.386 e. The van der Waals surface area contributed by atoms with Crippen LogP contribution in [0.5, 0.6) is 0 Å². The molecule has 3 nitrogen and oxygen atoms in total. The van der Waals surface area contributed by atoms with Crippen molar-refractivity contribution in [3.05, 3.63) is 16.4 Å². The Morgan fingerprint density at radius 3 is 2.56 bits per heavy atom. The van der Waals surface area contributed by atoms with Gasteiger partial charge in [-0.3, -0.25) is 4.68 Å². The summed E-state index contributed by atoms with van der Waals surface area (Å²) in [6.07, 6.45) is 3.43. The van der Waals surface area contributed by atoms with Gasteiger partial charge in [-0.25, -0.2) is 0 Å². The normalized spacial score (nSPS) is 15.4. The van der Waals surface area contributed by atoms with Crippen LogP contribution in [0.2, 0.25) is 0 Å². The third-order valence-corrected chi connectivity index (χ3v) is 3.45. The molecular formula is C12H21BrN2O. The zero-order chi connectivity index (χ0) is 12.3. The quantitative estimate of drug-likeness (QED) is 0.897. The minimum absolute atomic E-state index is 0.260. The maximum atomic E-state index is 10.3. The fourth-order valence-corrected chi connectivity index (χ4v) is 2.43. The molecule has 0 amide bonds. The van der Waals surface area contributed by atoms with E-state index in [0.717, 1.165) is 23.0 Å². The molecule has 0 aliphatic carbocycles. The van der Waals surface area contributed by atoms with Crippen molar-refractivity contribution in [2.45, 2.75) is 52.7 Å². The van der Waals surface area contributed by atoms with Gasteiger partial charge in [0, 0.05) is 6.04 Å². The van der Waals surface area contributed by atoms with Crippen molar-refractivity contribution in [3.8, 4) is 0 Å². The Hall–Kier alpha value is -0.350. The van der Waals surface area contributed by atoms with Crippen molar-refractivity contribution in [3.63, 3.8) is 0 Å². The Kier molecular flexibility index (Phi) is 4.99. The van der Waals surface area contributed by atoms with Crippen LogP contribution >= 0.6 is 15.9 Å². The van der Waals surface area contributed by atoms with Crippen LogP contribution in [0.4, 0.5) is 0 Å². The summed E-state index contributed by atoms with van der Waals surface area (Å²) in [7, 11) is 0. The van der Waals surface area contributed by atoms with Gasteiger partial charge < -0.3 is 5.11 Å². The van der Waals surface area contributed by atoms with E-state index in [2.05, 4.69) is 48.7 Å². The molecule has 0 aliphatic rings. The molecule has 0 radical (unpaired) electrons. The van der Waals surface area contributed by atoms with Crippen molar-refractivity contribution in [1.29, 1.82) is 0 Å². The Labute approximate surface area is 106 Å². The average Bonchev–Trinajstić information content (AvgIpc) is 2.59. The number of rotatable bonds is 5. The van der Waals surface area contributed by atoms with Crippen LogP contribution in [-0.2, 0) is 0 Å². The van der Waals surface area contributed by atoms with Gasteiger partial charge in [-0.2, -0.15) is 5.10 Å². The van der Waals surface area contributed by atoms with Crippen LogP contribution in [0.3, 0.4) is 0 Å². The first-order valence-corrected chi connectivity index (χ1v) is 6.69. The van der Waals surface area contributed by atoms with Crippen LogP contribution in [0, 0.1) is 5.92 Å². The first-order chi connectivity index (χ1) is 7.49. The van der Waals surface area contributed by atoms with Gasteiger partial charge in [0.1, 0.15) is 0 Å². The molecule has 92 valence electrons. The Balaban J connectivity index is 2.97. The molecule has 1 N–H and O–H groups in total. The van der Waals surface area contributed by atoms with Gasteiger partial charge in [0.15, 0.2) is 0 Å². The van der Waals surface area contributed by atoms with E-state index in [0.29, 0.717) is 0 Å². The van der Waals surface area contributed by atoms with Crippen LogP contribution in [0.1, 0.15) is 58.4 Å². The number of aliphatic hydroxyl groups is 1. The van der Waals surface area contributed by atoms with Crippen LogP contribution < -0.4 is 0 Å². The Morgan fingerprint density at radius 1 is 1.44 bits per heavy atom. The first-order valence-electron chi connectivity index (χ1n) is 5.90. The van der Waals surface area contributed by atoms with Gasteiger partial charge in [0.2, 0.25) is 0 Å². The van der Waals surface area contributed by atoms with E-state index in [1.165, 1.54) is 0 Å². The van der Waals surface area contributed by atoms with E-state index in [9.17, 15) is 5.11 Å². The monoisotopic (exact) mass is 288 g/mol. The molecule has 0 aliphatic heterocycles. The number of aromatic nitrogens is 2. The van der Waals surface area contributed by atoms with Crippen molar-refractivity contribution in [2.24, 2.45) is 5.92 Å². The second-order valence-corrected chi connectivity index (χ2v) is 5.48. The van der Waals surface area contributed by atoms with Gasteiger partial charge >= 0.3 is 0 Å². The van der Waals surface area contributed by atoms with Crippen molar-refractivity contribution >= 4 is 15.9 Å². The summed E-state index contributed by atoms with van der Waals surface area (Å²) < 4.78 is 2.79. The molecule has 2 unspecified atom stereocenters. The molecule has 0 bridgehead atoms. The summed E-state index contributed by atoms with van der Waals surface area (Å²) in [5.41, 5.74) is 0.899. The van der Waals surface area contributed by atoms with Crippen LogP contribution in [0.15, 0.2) is 10.7 Å². The Morgan fingerprint density at radius 2 is 2.06 bits per heavy atom. The highest BCUT2D eigenvalue weighted by Gasteiger charge is 2.23. The molecule has 0 fully saturated rings. The molecule has 1 rings (SSSR count). The summed E-state index contributed by atoms with van der Waals surface area (Å²) in [5, 5.41) is 14.6. The van der Waals surface area contributed by atoms with Gasteiger partial charge in [-0.05, 0) is 42.1 Å². The smallest absolute Gasteiger partial charge is 0.0993 e. The second-order valence-electron chi connectivity index (χ2n) is 4.63. The number of halogens is 1. The number of nitrogens with zero attached hydrogens (tertiary/aromatic N) is 2. The maximum absolute atomic E-state index is 10.3. The molecule has 0 spiro atoms. The SMILES string of the molecule is CCCC(C)C(O)c1c(Br)cnn1C(C)C. The zero-order valence-electron chi connectivity index (χ0n) is 10.4. The van der Waals surface area contributed by atoms with Gasteiger partial charge in [0.25, 0.3) is 0 Å². The molecular weight excluding hydrogens is 268 g/mol. The lowest BCUT2D eigenvalue weighted by Crippen LogP contribution is -2.16. The van der Waals surface area contributed by atoms with Crippen molar-refractivity contribution in [2.75, 3.05) is 0 Å². The largest absolute Gasteiger partial charge is 0.386 e. The van der Waals surface area contributed by atoms with E-state index < -0.39 is 6.10 Å². The van der Waals surface area contributed by atoms with Gasteiger partial charge in [-0.1, -0.05) is 20.3 Å². The summed E-state index contributed by atoms with van der Waals surface area (Å²) in [6, 6.07) is 0.268. The van der Waals surface area contributed by atoms with Crippen molar-refractivity contribution < 1.29 is 5.11 Å². The van der Waals surface area contributed by atoms with E-state index in [4.69, 9.17) is 0 Å². The molecule has 2 atom stereocenters. The highest BCUT2D eigenvalue weighted by atomic mass is 79.9. The lowest BCUT2D eigenvalue weighted by Gasteiger charge is -2.21. The molecule has 0 aromatic carbocycles.